The summed E-state index contributed by atoms with van der Waals surface area (Å²) in [5.41, 5.74) is 1.34. The summed E-state index contributed by atoms with van der Waals surface area (Å²) in [6, 6.07) is 10.9. The van der Waals surface area contributed by atoms with Gasteiger partial charge in [0, 0.05) is 16.5 Å². The first-order chi connectivity index (χ1) is 9.10. The maximum atomic E-state index is 13.6. The van der Waals surface area contributed by atoms with Crippen LogP contribution in [0.5, 0.6) is 0 Å². The lowest BCUT2D eigenvalue weighted by Gasteiger charge is -2.07. The zero-order valence-corrected chi connectivity index (χ0v) is 11.3. The normalized spacial score (nSPS) is 10.3. The quantitative estimate of drug-likeness (QED) is 0.832. The molecule has 0 saturated heterocycles. The lowest BCUT2D eigenvalue weighted by molar-refractivity contribution is 0.102. The number of carbonyl (C=O) groups excluding carboxylic acids is 1. The third kappa shape index (κ3) is 3.46. The Morgan fingerprint density at radius 2 is 2.00 bits per heavy atom. The molecular weight excluding hydrogens is 288 g/mol. The molecule has 0 aromatic heterocycles. The summed E-state index contributed by atoms with van der Waals surface area (Å²) in [6.07, 6.45) is 0. The fraction of sp³-hybridized carbons (Fsp3) is 0.0714. The van der Waals surface area contributed by atoms with Crippen molar-refractivity contribution in [2.75, 3.05) is 5.32 Å². The molecule has 0 spiro atoms. The van der Waals surface area contributed by atoms with Crippen molar-refractivity contribution in [3.8, 4) is 0 Å². The molecule has 2 aromatic carbocycles. The second-order valence-electron chi connectivity index (χ2n) is 3.91. The molecule has 0 unspecified atom stereocenters. The number of hydrogen-bond acceptors (Lipinski definition) is 1. The van der Waals surface area contributed by atoms with E-state index in [1.807, 2.05) is 6.07 Å². The molecule has 0 saturated carbocycles. The number of benzene rings is 2. The van der Waals surface area contributed by atoms with E-state index < -0.39 is 11.7 Å². The summed E-state index contributed by atoms with van der Waals surface area (Å²) in [7, 11) is 0. The Morgan fingerprint density at radius 1 is 1.21 bits per heavy atom. The van der Waals surface area contributed by atoms with Crippen molar-refractivity contribution in [1.29, 1.82) is 0 Å². The number of rotatable bonds is 3. The molecule has 0 radical (unpaired) electrons. The first kappa shape index (κ1) is 13.8. The van der Waals surface area contributed by atoms with Crippen LogP contribution in [-0.4, -0.2) is 5.91 Å². The van der Waals surface area contributed by atoms with Crippen molar-refractivity contribution in [1.82, 2.24) is 0 Å². The van der Waals surface area contributed by atoms with E-state index in [0.29, 0.717) is 11.4 Å². The Balaban J connectivity index is 2.20. The summed E-state index contributed by atoms with van der Waals surface area (Å²) in [5.74, 6) is -0.654. The molecular formula is C14H10Cl2FNO. The van der Waals surface area contributed by atoms with E-state index in [4.69, 9.17) is 23.2 Å². The van der Waals surface area contributed by atoms with Crippen molar-refractivity contribution in [3.63, 3.8) is 0 Å². The summed E-state index contributed by atoms with van der Waals surface area (Å²) < 4.78 is 13.6. The Hall–Kier alpha value is -1.58. The van der Waals surface area contributed by atoms with Crippen LogP contribution in [0.3, 0.4) is 0 Å². The van der Waals surface area contributed by atoms with E-state index in [2.05, 4.69) is 5.32 Å². The van der Waals surface area contributed by atoms with E-state index in [9.17, 15) is 9.18 Å². The van der Waals surface area contributed by atoms with Crippen molar-refractivity contribution < 1.29 is 9.18 Å². The van der Waals surface area contributed by atoms with Crippen LogP contribution in [0.2, 0.25) is 5.02 Å². The lowest BCUT2D eigenvalue weighted by atomic mass is 10.1. The van der Waals surface area contributed by atoms with Gasteiger partial charge in [0.1, 0.15) is 5.82 Å². The van der Waals surface area contributed by atoms with Gasteiger partial charge in [-0.2, -0.15) is 0 Å². The standard InChI is InChI=1S/C14H10Cl2FNO/c15-8-9-2-1-3-10(6-9)14(19)18-13-5-4-11(16)7-12(13)17/h1-7H,8H2,(H,18,19). The molecule has 0 bridgehead atoms. The van der Waals surface area contributed by atoms with Crippen LogP contribution in [0.15, 0.2) is 42.5 Å². The number of carbonyl (C=O) groups is 1. The van der Waals surface area contributed by atoms with Crippen molar-refractivity contribution in [3.05, 3.63) is 64.4 Å². The van der Waals surface area contributed by atoms with E-state index in [-0.39, 0.29) is 10.7 Å². The summed E-state index contributed by atoms with van der Waals surface area (Å²) in [5, 5.41) is 2.77. The minimum atomic E-state index is -0.575. The van der Waals surface area contributed by atoms with Crippen LogP contribution < -0.4 is 5.32 Å². The molecule has 1 N–H and O–H groups in total. The van der Waals surface area contributed by atoms with Crippen molar-refractivity contribution >= 4 is 34.8 Å². The van der Waals surface area contributed by atoms with E-state index in [0.717, 1.165) is 11.6 Å². The monoisotopic (exact) mass is 297 g/mol. The summed E-state index contributed by atoms with van der Waals surface area (Å²) in [6.45, 7) is 0. The number of halogens is 3. The highest BCUT2D eigenvalue weighted by Gasteiger charge is 2.10. The molecule has 0 atom stereocenters. The summed E-state index contributed by atoms with van der Waals surface area (Å²) >= 11 is 11.3. The van der Waals surface area contributed by atoms with Crippen LogP contribution in [0, 0.1) is 5.82 Å². The lowest BCUT2D eigenvalue weighted by Crippen LogP contribution is -2.13. The first-order valence-corrected chi connectivity index (χ1v) is 6.42. The molecule has 2 nitrogen and oxygen atoms in total. The van der Waals surface area contributed by atoms with Crippen LogP contribution in [-0.2, 0) is 5.88 Å². The third-order valence-electron chi connectivity index (χ3n) is 2.52. The van der Waals surface area contributed by atoms with Gasteiger partial charge in [-0.05, 0) is 35.9 Å². The molecule has 1 amide bonds. The predicted molar refractivity (Wildman–Crippen MR) is 75.4 cm³/mol. The Bertz CT molecular complexity index is 616. The fourth-order valence-electron chi connectivity index (χ4n) is 1.58. The van der Waals surface area contributed by atoms with Gasteiger partial charge < -0.3 is 5.32 Å². The highest BCUT2D eigenvalue weighted by molar-refractivity contribution is 6.30. The van der Waals surface area contributed by atoms with Crippen molar-refractivity contribution in [2.24, 2.45) is 0 Å². The Labute approximate surface area is 120 Å². The number of alkyl halides is 1. The fourth-order valence-corrected chi connectivity index (χ4v) is 1.91. The highest BCUT2D eigenvalue weighted by Crippen LogP contribution is 2.19. The van der Waals surface area contributed by atoms with Gasteiger partial charge >= 0.3 is 0 Å². The van der Waals surface area contributed by atoms with Gasteiger partial charge in [0.05, 0.1) is 5.69 Å². The van der Waals surface area contributed by atoms with Gasteiger partial charge in [-0.15, -0.1) is 11.6 Å². The van der Waals surface area contributed by atoms with Gasteiger partial charge in [0.25, 0.3) is 5.91 Å². The molecule has 0 fully saturated rings. The second-order valence-corrected chi connectivity index (χ2v) is 4.62. The largest absolute Gasteiger partial charge is 0.319 e. The van der Waals surface area contributed by atoms with Gasteiger partial charge in [0.2, 0.25) is 0 Å². The number of anilines is 1. The topological polar surface area (TPSA) is 29.1 Å². The molecule has 0 heterocycles. The average molecular weight is 298 g/mol. The Kier molecular flexibility index (Phi) is 4.40. The highest BCUT2D eigenvalue weighted by atomic mass is 35.5. The number of nitrogens with one attached hydrogen (secondary N) is 1. The molecule has 0 aliphatic carbocycles. The zero-order valence-electron chi connectivity index (χ0n) is 9.79. The zero-order chi connectivity index (χ0) is 13.8. The Morgan fingerprint density at radius 3 is 2.68 bits per heavy atom. The third-order valence-corrected chi connectivity index (χ3v) is 3.07. The maximum absolute atomic E-state index is 13.6. The molecule has 98 valence electrons. The van der Waals surface area contributed by atoms with Crippen LogP contribution in [0.25, 0.3) is 0 Å². The predicted octanol–water partition coefficient (Wildman–Crippen LogP) is 4.47. The number of amides is 1. The van der Waals surface area contributed by atoms with Crippen LogP contribution in [0.1, 0.15) is 15.9 Å². The minimum absolute atomic E-state index is 0.0886. The minimum Gasteiger partial charge on any atom is -0.319 e. The van der Waals surface area contributed by atoms with Gasteiger partial charge in [0.15, 0.2) is 0 Å². The molecule has 0 aliphatic heterocycles. The first-order valence-electron chi connectivity index (χ1n) is 5.51. The number of hydrogen-bond donors (Lipinski definition) is 1. The smallest absolute Gasteiger partial charge is 0.255 e. The van der Waals surface area contributed by atoms with Gasteiger partial charge in [-0.1, -0.05) is 23.7 Å². The SMILES string of the molecule is O=C(Nc1ccc(Cl)cc1F)c1cccc(CCl)c1. The van der Waals surface area contributed by atoms with Crippen LogP contribution >= 0.6 is 23.2 Å². The molecule has 5 heteroatoms. The molecule has 19 heavy (non-hydrogen) atoms. The molecule has 2 aromatic rings. The second kappa shape index (κ2) is 6.04. The average Bonchev–Trinajstić information content (AvgIpc) is 2.42. The van der Waals surface area contributed by atoms with E-state index in [1.54, 1.807) is 18.2 Å². The van der Waals surface area contributed by atoms with E-state index >= 15 is 0 Å². The van der Waals surface area contributed by atoms with Gasteiger partial charge in [-0.3, -0.25) is 4.79 Å². The van der Waals surface area contributed by atoms with Crippen LogP contribution in [0.4, 0.5) is 10.1 Å². The van der Waals surface area contributed by atoms with E-state index in [1.165, 1.54) is 12.1 Å². The molecule has 2 rings (SSSR count). The maximum Gasteiger partial charge on any atom is 0.255 e. The van der Waals surface area contributed by atoms with Crippen molar-refractivity contribution in [2.45, 2.75) is 5.88 Å². The molecule has 0 aliphatic rings. The summed E-state index contributed by atoms with van der Waals surface area (Å²) in [4.78, 5) is 12.0. The van der Waals surface area contributed by atoms with Gasteiger partial charge in [-0.25, -0.2) is 4.39 Å².